The number of fused-ring (bicyclic) bond motifs is 3. The normalized spacial score (nSPS) is 12.0. The minimum absolute atomic E-state index is 0.794. The van der Waals surface area contributed by atoms with Crippen LogP contribution in [0.15, 0.2) is 201 Å². The summed E-state index contributed by atoms with van der Waals surface area (Å²) >= 11 is 0. The first-order chi connectivity index (χ1) is 28.2. The molecule has 0 atom stereocenters. The van der Waals surface area contributed by atoms with Crippen molar-refractivity contribution in [3.05, 3.63) is 212 Å². The molecule has 5 nitrogen and oxygen atoms in total. The Kier molecular flexibility index (Phi) is 8.94. The van der Waals surface area contributed by atoms with Crippen LogP contribution in [-0.2, 0) is 13.1 Å². The molecule has 0 unspecified atom stereocenters. The smallest absolute Gasteiger partial charge is 0.0439 e. The van der Waals surface area contributed by atoms with E-state index < -0.39 is 0 Å². The van der Waals surface area contributed by atoms with E-state index in [-0.39, 0.29) is 0 Å². The molecule has 0 amide bonds. The lowest BCUT2D eigenvalue weighted by molar-refractivity contribution is 0.812. The number of anilines is 1. The molecule has 270 valence electrons. The summed E-state index contributed by atoms with van der Waals surface area (Å²) in [5.41, 5.74) is 19.6. The lowest BCUT2D eigenvalue weighted by Crippen LogP contribution is -2.20. The first-order valence-corrected chi connectivity index (χ1v) is 19.2. The van der Waals surface area contributed by atoms with Gasteiger partial charge in [-0.2, -0.15) is 0 Å². The van der Waals surface area contributed by atoms with E-state index in [4.69, 9.17) is 0 Å². The predicted octanol–water partition coefficient (Wildman–Crippen LogP) is 12.5. The number of pyridine rings is 4. The summed E-state index contributed by atoms with van der Waals surface area (Å²) in [5, 5.41) is 0. The zero-order chi connectivity index (χ0) is 38.0. The fourth-order valence-electron chi connectivity index (χ4n) is 7.97. The molecule has 4 aromatic heterocycles. The Morgan fingerprint density at radius 1 is 0.298 bits per heavy atom. The highest BCUT2D eigenvalue weighted by molar-refractivity contribution is 5.87. The van der Waals surface area contributed by atoms with Crippen LogP contribution in [0, 0.1) is 0 Å². The minimum atomic E-state index is 0.794. The van der Waals surface area contributed by atoms with Crippen LogP contribution >= 0.6 is 0 Å². The van der Waals surface area contributed by atoms with Crippen molar-refractivity contribution < 1.29 is 0 Å². The summed E-state index contributed by atoms with van der Waals surface area (Å²) in [6.45, 7) is 1.59. The maximum atomic E-state index is 4.45. The van der Waals surface area contributed by atoms with E-state index in [0.717, 1.165) is 79.9 Å². The van der Waals surface area contributed by atoms with Crippen LogP contribution < -0.4 is 4.90 Å². The molecule has 0 N–H and O–H groups in total. The van der Waals surface area contributed by atoms with Crippen LogP contribution in [0.4, 0.5) is 5.69 Å². The standard InChI is InChI=1S/C52H37N5/c1-2-12-50(13-3-1)57-34-42-16-14-36(44-22-46(38-8-4-18-53-30-38)26-47(23-44)39-9-5-19-54-31-39)28-51(42)52-29-37(15-17-43(52)35-57)45-24-48(40-10-6-20-55-32-40)27-49(25-45)41-11-7-21-56-33-41/h1-33H,34-35H2. The highest BCUT2D eigenvalue weighted by Crippen LogP contribution is 2.42. The monoisotopic (exact) mass is 731 g/mol. The molecule has 0 aliphatic carbocycles. The van der Waals surface area contributed by atoms with Gasteiger partial charge in [-0.25, -0.2) is 0 Å². The first kappa shape index (κ1) is 34.0. The minimum Gasteiger partial charge on any atom is -0.363 e. The van der Waals surface area contributed by atoms with Gasteiger partial charge in [0.15, 0.2) is 0 Å². The van der Waals surface area contributed by atoms with E-state index >= 15 is 0 Å². The lowest BCUT2D eigenvalue weighted by Gasteiger charge is -2.24. The van der Waals surface area contributed by atoms with Crippen LogP contribution in [0.3, 0.4) is 0 Å². The molecular formula is C52H37N5. The van der Waals surface area contributed by atoms with Crippen molar-refractivity contribution in [2.24, 2.45) is 0 Å². The average Bonchev–Trinajstić information content (AvgIpc) is 3.46. The van der Waals surface area contributed by atoms with Gasteiger partial charge in [0.25, 0.3) is 0 Å². The third-order valence-electron chi connectivity index (χ3n) is 10.9. The Morgan fingerprint density at radius 2 is 0.649 bits per heavy atom. The van der Waals surface area contributed by atoms with Crippen LogP contribution in [0.1, 0.15) is 11.1 Å². The van der Waals surface area contributed by atoms with Crippen molar-refractivity contribution in [3.8, 4) is 77.9 Å². The second-order valence-corrected chi connectivity index (χ2v) is 14.5. The zero-order valence-electron chi connectivity index (χ0n) is 31.2. The number of hydrogen-bond donors (Lipinski definition) is 0. The highest BCUT2D eigenvalue weighted by atomic mass is 15.1. The molecule has 0 spiro atoms. The van der Waals surface area contributed by atoms with Gasteiger partial charge in [0, 0.05) is 90.6 Å². The molecule has 0 radical (unpaired) electrons. The van der Waals surface area contributed by atoms with Crippen molar-refractivity contribution in [1.82, 2.24) is 19.9 Å². The van der Waals surface area contributed by atoms with E-state index in [1.54, 1.807) is 0 Å². The number of benzene rings is 5. The molecule has 5 heterocycles. The predicted molar refractivity (Wildman–Crippen MR) is 232 cm³/mol. The van der Waals surface area contributed by atoms with Gasteiger partial charge in [-0.1, -0.05) is 66.7 Å². The Hall–Kier alpha value is -7.50. The highest BCUT2D eigenvalue weighted by Gasteiger charge is 2.22. The van der Waals surface area contributed by atoms with Crippen molar-refractivity contribution in [2.75, 3.05) is 4.90 Å². The molecule has 0 saturated carbocycles. The molecule has 9 aromatic rings. The Balaban J connectivity index is 1.15. The average molecular weight is 732 g/mol. The lowest BCUT2D eigenvalue weighted by atomic mass is 9.88. The largest absolute Gasteiger partial charge is 0.363 e. The maximum Gasteiger partial charge on any atom is 0.0439 e. The van der Waals surface area contributed by atoms with Gasteiger partial charge in [-0.05, 0) is 152 Å². The van der Waals surface area contributed by atoms with Gasteiger partial charge in [0.1, 0.15) is 0 Å². The van der Waals surface area contributed by atoms with Crippen LogP contribution in [0.25, 0.3) is 77.9 Å². The Morgan fingerprint density at radius 3 is 0.982 bits per heavy atom. The number of hydrogen-bond acceptors (Lipinski definition) is 5. The summed E-state index contributed by atoms with van der Waals surface area (Å²) in [5.74, 6) is 0. The van der Waals surface area contributed by atoms with Crippen molar-refractivity contribution in [3.63, 3.8) is 0 Å². The van der Waals surface area contributed by atoms with E-state index in [0.29, 0.717) is 0 Å². The van der Waals surface area contributed by atoms with Crippen molar-refractivity contribution in [2.45, 2.75) is 13.1 Å². The summed E-state index contributed by atoms with van der Waals surface area (Å²) < 4.78 is 0. The van der Waals surface area contributed by atoms with E-state index in [2.05, 4.69) is 152 Å². The quantitative estimate of drug-likeness (QED) is 0.163. The molecule has 0 saturated heterocycles. The third-order valence-corrected chi connectivity index (χ3v) is 10.9. The number of nitrogens with zero attached hydrogens (tertiary/aromatic N) is 5. The molecular weight excluding hydrogens is 695 g/mol. The van der Waals surface area contributed by atoms with Crippen LogP contribution in [-0.4, -0.2) is 19.9 Å². The molecule has 57 heavy (non-hydrogen) atoms. The van der Waals surface area contributed by atoms with Gasteiger partial charge < -0.3 is 4.90 Å². The molecule has 0 bridgehead atoms. The SMILES string of the molecule is c1ccc(N2Cc3ccc(-c4cc(-c5cccnc5)cc(-c5cccnc5)c4)cc3-c3cc(-c4cc(-c5cccnc5)cc(-c5cccnc5)c4)ccc3C2)cc1. The van der Waals surface area contributed by atoms with E-state index in [1.165, 1.54) is 27.9 Å². The molecule has 0 fully saturated rings. The van der Waals surface area contributed by atoms with E-state index in [1.807, 2.05) is 73.8 Å². The van der Waals surface area contributed by atoms with Crippen molar-refractivity contribution in [1.29, 1.82) is 0 Å². The molecule has 1 aliphatic heterocycles. The van der Waals surface area contributed by atoms with Gasteiger partial charge in [0.05, 0.1) is 0 Å². The molecule has 1 aliphatic rings. The maximum absolute atomic E-state index is 4.45. The van der Waals surface area contributed by atoms with Crippen LogP contribution in [0.5, 0.6) is 0 Å². The van der Waals surface area contributed by atoms with E-state index in [9.17, 15) is 0 Å². The van der Waals surface area contributed by atoms with Gasteiger partial charge in [-0.15, -0.1) is 0 Å². The summed E-state index contributed by atoms with van der Waals surface area (Å²) in [4.78, 5) is 20.3. The van der Waals surface area contributed by atoms with Gasteiger partial charge >= 0.3 is 0 Å². The fourth-order valence-corrected chi connectivity index (χ4v) is 7.97. The Bertz CT molecular complexity index is 2530. The summed E-state index contributed by atoms with van der Waals surface area (Å²) in [6, 6.07) is 54.8. The first-order valence-electron chi connectivity index (χ1n) is 19.2. The Labute approximate surface area is 332 Å². The topological polar surface area (TPSA) is 54.8 Å². The third kappa shape index (κ3) is 6.99. The molecule has 10 rings (SSSR count). The molecule has 5 heteroatoms. The number of rotatable bonds is 7. The zero-order valence-corrected chi connectivity index (χ0v) is 31.2. The van der Waals surface area contributed by atoms with Gasteiger partial charge in [0.2, 0.25) is 0 Å². The van der Waals surface area contributed by atoms with Crippen molar-refractivity contribution >= 4 is 5.69 Å². The number of para-hydroxylation sites is 1. The number of aromatic nitrogens is 4. The fraction of sp³-hybridized carbons (Fsp3) is 0.0385. The van der Waals surface area contributed by atoms with Crippen LogP contribution in [0.2, 0.25) is 0 Å². The second-order valence-electron chi connectivity index (χ2n) is 14.5. The van der Waals surface area contributed by atoms with Gasteiger partial charge in [-0.3, -0.25) is 19.9 Å². The summed E-state index contributed by atoms with van der Waals surface area (Å²) in [6.07, 6.45) is 15.0. The summed E-state index contributed by atoms with van der Waals surface area (Å²) in [7, 11) is 0. The second kappa shape index (κ2) is 15.0. The molecule has 5 aromatic carbocycles.